The molecule has 0 atom stereocenters. The monoisotopic (exact) mass is 183 g/mol. The Labute approximate surface area is 82.0 Å². The molecule has 1 heterocycles. The van der Waals surface area contributed by atoms with Crippen LogP contribution >= 0.6 is 0 Å². The number of hydrogen-bond donors (Lipinski definition) is 1. The molecule has 0 aliphatic rings. The maximum absolute atomic E-state index is 8.64. The smallest absolute Gasteiger partial charge is 0.0991 e. The number of H-pyrrole nitrogens is 1. The van der Waals surface area contributed by atoms with Crippen LogP contribution in [-0.2, 0) is 0 Å². The summed E-state index contributed by atoms with van der Waals surface area (Å²) in [7, 11) is 0. The van der Waals surface area contributed by atoms with E-state index in [1.54, 1.807) is 18.3 Å². The fraction of sp³-hybridized carbons (Fsp3) is 0.0909. The Morgan fingerprint density at radius 1 is 1.29 bits per heavy atom. The highest BCUT2D eigenvalue weighted by molar-refractivity contribution is 5.63. The summed E-state index contributed by atoms with van der Waals surface area (Å²) in [6, 6.07) is 9.52. The summed E-state index contributed by atoms with van der Waals surface area (Å²) < 4.78 is 0. The maximum atomic E-state index is 8.64. The van der Waals surface area contributed by atoms with Gasteiger partial charge in [-0.15, -0.1) is 0 Å². The molecule has 0 aliphatic heterocycles. The molecule has 3 nitrogen and oxygen atoms in total. The molecule has 0 spiro atoms. The minimum absolute atomic E-state index is 0.672. The van der Waals surface area contributed by atoms with E-state index in [2.05, 4.69) is 16.3 Å². The second-order valence-electron chi connectivity index (χ2n) is 3.12. The number of aromatic nitrogens is 2. The van der Waals surface area contributed by atoms with Crippen LogP contribution in [-0.4, -0.2) is 10.2 Å². The first-order valence-corrected chi connectivity index (χ1v) is 4.32. The zero-order chi connectivity index (χ0) is 9.97. The highest BCUT2D eigenvalue weighted by Crippen LogP contribution is 2.20. The molecule has 0 saturated carbocycles. The summed E-state index contributed by atoms with van der Waals surface area (Å²) in [6.45, 7) is 2.00. The fourth-order valence-electron chi connectivity index (χ4n) is 1.35. The number of rotatable bonds is 1. The van der Waals surface area contributed by atoms with Crippen LogP contribution in [0.1, 0.15) is 11.1 Å². The van der Waals surface area contributed by atoms with Gasteiger partial charge in [-0.05, 0) is 30.2 Å². The molecule has 1 aromatic carbocycles. The molecule has 1 aromatic heterocycles. The molecule has 3 heteroatoms. The van der Waals surface area contributed by atoms with E-state index in [4.69, 9.17) is 5.26 Å². The predicted octanol–water partition coefficient (Wildman–Crippen LogP) is 2.26. The van der Waals surface area contributed by atoms with Crippen LogP contribution in [0.15, 0.2) is 30.5 Å². The van der Waals surface area contributed by atoms with Gasteiger partial charge < -0.3 is 0 Å². The van der Waals surface area contributed by atoms with Gasteiger partial charge in [0.15, 0.2) is 0 Å². The van der Waals surface area contributed by atoms with E-state index >= 15 is 0 Å². The maximum Gasteiger partial charge on any atom is 0.0991 e. The largest absolute Gasteiger partial charge is 0.278 e. The lowest BCUT2D eigenvalue weighted by atomic mass is 10.1. The minimum atomic E-state index is 0.672. The molecule has 0 radical (unpaired) electrons. The average molecular weight is 183 g/mol. The molecule has 0 amide bonds. The first-order valence-electron chi connectivity index (χ1n) is 4.32. The predicted molar refractivity (Wildman–Crippen MR) is 53.5 cm³/mol. The first-order chi connectivity index (χ1) is 6.81. The molecule has 0 fully saturated rings. The summed E-state index contributed by atoms with van der Waals surface area (Å²) in [5.41, 5.74) is 3.84. The molecule has 2 rings (SSSR count). The van der Waals surface area contributed by atoms with Crippen LogP contribution in [0.5, 0.6) is 0 Å². The highest BCUT2D eigenvalue weighted by Gasteiger charge is 2.02. The van der Waals surface area contributed by atoms with E-state index in [1.807, 2.05) is 19.1 Å². The Morgan fingerprint density at radius 2 is 2.00 bits per heavy atom. The van der Waals surface area contributed by atoms with E-state index in [-0.39, 0.29) is 0 Å². The van der Waals surface area contributed by atoms with Crippen molar-refractivity contribution in [1.82, 2.24) is 10.2 Å². The van der Waals surface area contributed by atoms with E-state index in [0.717, 1.165) is 16.8 Å². The van der Waals surface area contributed by atoms with Gasteiger partial charge in [-0.2, -0.15) is 10.4 Å². The number of nitrogens with zero attached hydrogens (tertiary/aromatic N) is 2. The first kappa shape index (κ1) is 8.52. The van der Waals surface area contributed by atoms with Gasteiger partial charge in [0, 0.05) is 0 Å². The minimum Gasteiger partial charge on any atom is -0.278 e. The molecule has 0 bridgehead atoms. The van der Waals surface area contributed by atoms with Crippen molar-refractivity contribution >= 4 is 0 Å². The molecular weight excluding hydrogens is 174 g/mol. The molecule has 2 aromatic rings. The van der Waals surface area contributed by atoms with E-state index < -0.39 is 0 Å². The summed E-state index contributed by atoms with van der Waals surface area (Å²) in [4.78, 5) is 0. The SMILES string of the molecule is Cc1cn[nH]c1-c1ccc(C#N)cc1. The number of nitrogens with one attached hydrogen (secondary N) is 1. The summed E-state index contributed by atoms with van der Waals surface area (Å²) >= 11 is 0. The van der Waals surface area contributed by atoms with Gasteiger partial charge in [0.25, 0.3) is 0 Å². The Hall–Kier alpha value is -2.08. The van der Waals surface area contributed by atoms with Crippen molar-refractivity contribution in [2.75, 3.05) is 0 Å². The van der Waals surface area contributed by atoms with Gasteiger partial charge in [-0.25, -0.2) is 0 Å². The van der Waals surface area contributed by atoms with Crippen molar-refractivity contribution in [3.8, 4) is 17.3 Å². The number of aromatic amines is 1. The lowest BCUT2D eigenvalue weighted by Crippen LogP contribution is -1.81. The van der Waals surface area contributed by atoms with Crippen molar-refractivity contribution in [3.63, 3.8) is 0 Å². The lowest BCUT2D eigenvalue weighted by molar-refractivity contribution is 1.10. The summed E-state index contributed by atoms with van der Waals surface area (Å²) in [5, 5.41) is 15.5. The van der Waals surface area contributed by atoms with E-state index in [9.17, 15) is 0 Å². The van der Waals surface area contributed by atoms with Gasteiger partial charge in [0.1, 0.15) is 0 Å². The van der Waals surface area contributed by atoms with Crippen LogP contribution < -0.4 is 0 Å². The Morgan fingerprint density at radius 3 is 2.50 bits per heavy atom. The van der Waals surface area contributed by atoms with Crippen molar-refractivity contribution in [2.45, 2.75) is 6.92 Å². The topological polar surface area (TPSA) is 52.5 Å². The van der Waals surface area contributed by atoms with Crippen molar-refractivity contribution in [1.29, 1.82) is 5.26 Å². The zero-order valence-corrected chi connectivity index (χ0v) is 7.78. The third-order valence-electron chi connectivity index (χ3n) is 2.13. The van der Waals surface area contributed by atoms with Crippen molar-refractivity contribution < 1.29 is 0 Å². The number of benzene rings is 1. The lowest BCUT2D eigenvalue weighted by Gasteiger charge is -1.98. The molecule has 1 N–H and O–H groups in total. The van der Waals surface area contributed by atoms with E-state index in [0.29, 0.717) is 5.56 Å². The molecular formula is C11H9N3. The van der Waals surface area contributed by atoms with Gasteiger partial charge in [0.05, 0.1) is 23.5 Å². The highest BCUT2D eigenvalue weighted by atomic mass is 15.1. The Kier molecular flexibility index (Phi) is 2.04. The van der Waals surface area contributed by atoms with Crippen molar-refractivity contribution in [3.05, 3.63) is 41.6 Å². The van der Waals surface area contributed by atoms with Gasteiger partial charge in [-0.1, -0.05) is 12.1 Å². The Bertz CT molecular complexity index is 474. The quantitative estimate of drug-likeness (QED) is 0.737. The Balaban J connectivity index is 2.45. The third kappa shape index (κ3) is 1.38. The molecule has 0 unspecified atom stereocenters. The van der Waals surface area contributed by atoms with Gasteiger partial charge in [-0.3, -0.25) is 5.10 Å². The molecule has 68 valence electrons. The van der Waals surface area contributed by atoms with E-state index in [1.165, 1.54) is 0 Å². The zero-order valence-electron chi connectivity index (χ0n) is 7.78. The molecule has 0 aliphatic carbocycles. The third-order valence-corrected chi connectivity index (χ3v) is 2.13. The van der Waals surface area contributed by atoms with Crippen LogP contribution in [0, 0.1) is 18.3 Å². The normalized spacial score (nSPS) is 9.71. The number of hydrogen-bond acceptors (Lipinski definition) is 2. The second-order valence-corrected chi connectivity index (χ2v) is 3.12. The number of aryl methyl sites for hydroxylation is 1. The summed E-state index contributed by atoms with van der Waals surface area (Å²) in [6.07, 6.45) is 1.79. The van der Waals surface area contributed by atoms with Crippen LogP contribution in [0.3, 0.4) is 0 Å². The standard InChI is InChI=1S/C11H9N3/c1-8-7-13-14-11(8)10-4-2-9(6-12)3-5-10/h2-5,7H,1H3,(H,13,14). The fourth-order valence-corrected chi connectivity index (χ4v) is 1.35. The van der Waals surface area contributed by atoms with Crippen LogP contribution in [0.2, 0.25) is 0 Å². The average Bonchev–Trinajstić information content (AvgIpc) is 2.65. The summed E-state index contributed by atoms with van der Waals surface area (Å²) in [5.74, 6) is 0. The van der Waals surface area contributed by atoms with Gasteiger partial charge in [0.2, 0.25) is 0 Å². The second kappa shape index (κ2) is 3.35. The van der Waals surface area contributed by atoms with Crippen LogP contribution in [0.25, 0.3) is 11.3 Å². The van der Waals surface area contributed by atoms with Crippen LogP contribution in [0.4, 0.5) is 0 Å². The van der Waals surface area contributed by atoms with Gasteiger partial charge >= 0.3 is 0 Å². The molecule has 0 saturated heterocycles. The molecule has 14 heavy (non-hydrogen) atoms. The van der Waals surface area contributed by atoms with Crippen molar-refractivity contribution in [2.24, 2.45) is 0 Å². The number of nitriles is 1.